The van der Waals surface area contributed by atoms with Crippen LogP contribution >= 0.6 is 11.8 Å². The number of methoxy groups -OCH3 is 1. The topological polar surface area (TPSA) is 80.8 Å². The number of allylic oxidation sites excluding steroid dienone is 1. The Labute approximate surface area is 231 Å². The molecule has 1 aliphatic heterocycles. The Kier molecular flexibility index (Phi) is 7.27. The molecular weight excluding hydrogens is 508 g/mol. The minimum absolute atomic E-state index is 0.0909. The zero-order valence-electron chi connectivity index (χ0n) is 21.6. The highest BCUT2D eigenvalue weighted by atomic mass is 32.2. The van der Waals surface area contributed by atoms with E-state index < -0.39 is 0 Å². The third kappa shape index (κ3) is 5.25. The first-order valence-corrected chi connectivity index (χ1v) is 14.0. The Hall–Kier alpha value is -4.17. The molecule has 7 nitrogen and oxygen atoms in total. The second kappa shape index (κ2) is 11.3. The minimum atomic E-state index is -0.138. The molecule has 4 aromatic rings. The van der Waals surface area contributed by atoms with Gasteiger partial charge in [-0.1, -0.05) is 84.6 Å². The van der Waals surface area contributed by atoms with Gasteiger partial charge in [-0.3, -0.25) is 4.79 Å². The van der Waals surface area contributed by atoms with Crippen molar-refractivity contribution in [2.24, 2.45) is 11.0 Å². The van der Waals surface area contributed by atoms with E-state index in [0.717, 1.165) is 36.1 Å². The summed E-state index contributed by atoms with van der Waals surface area (Å²) >= 11 is 1.22. The summed E-state index contributed by atoms with van der Waals surface area (Å²) in [7, 11) is 1.60. The Morgan fingerprint density at radius 1 is 1.03 bits per heavy atom. The van der Waals surface area contributed by atoms with E-state index in [1.807, 2.05) is 60.7 Å². The lowest BCUT2D eigenvalue weighted by molar-refractivity contribution is -0.130. The second-order valence-electron chi connectivity index (χ2n) is 9.52. The maximum absolute atomic E-state index is 13.7. The van der Waals surface area contributed by atoms with E-state index in [1.54, 1.807) is 12.1 Å². The fourth-order valence-electron chi connectivity index (χ4n) is 5.33. The van der Waals surface area contributed by atoms with Crippen LogP contribution in [-0.2, 0) is 4.79 Å². The first-order valence-electron chi connectivity index (χ1n) is 13.0. The fourth-order valence-corrected chi connectivity index (χ4v) is 5.94. The number of carbonyl (C=O) groups excluding carboxylic acids is 1. The lowest BCUT2D eigenvalue weighted by atomic mass is 9.77. The number of hydrogen-bond donors (Lipinski definition) is 0. The van der Waals surface area contributed by atoms with Crippen LogP contribution < -0.4 is 4.74 Å². The molecule has 8 heteroatoms. The van der Waals surface area contributed by atoms with Crippen LogP contribution in [0.2, 0.25) is 0 Å². The summed E-state index contributed by atoms with van der Waals surface area (Å²) in [5.41, 5.74) is 5.18. The van der Waals surface area contributed by atoms with Gasteiger partial charge in [-0.25, -0.2) is 5.01 Å². The number of benzene rings is 3. The molecule has 6 rings (SSSR count). The molecule has 0 spiro atoms. The third-order valence-corrected chi connectivity index (χ3v) is 7.90. The molecule has 0 radical (unpaired) electrons. The highest BCUT2D eigenvalue weighted by Crippen LogP contribution is 2.44. The number of thioether (sulfide) groups is 1. The molecule has 196 valence electrons. The number of carbonyl (C=O) groups is 1. The van der Waals surface area contributed by atoms with Crippen molar-refractivity contribution in [3.63, 3.8) is 0 Å². The van der Waals surface area contributed by atoms with E-state index in [4.69, 9.17) is 14.3 Å². The average Bonchev–Trinajstić information content (AvgIpc) is 3.63. The molecule has 1 fully saturated rings. The van der Waals surface area contributed by atoms with Crippen LogP contribution in [0.25, 0.3) is 17.5 Å². The van der Waals surface area contributed by atoms with Crippen molar-refractivity contribution >= 4 is 29.5 Å². The molecular formula is C31H28N4O3S. The van der Waals surface area contributed by atoms with Crippen LogP contribution in [0.5, 0.6) is 5.75 Å². The molecule has 2 aliphatic rings. The predicted molar refractivity (Wildman–Crippen MR) is 152 cm³/mol. The molecule has 1 aromatic heterocycles. The number of para-hydroxylation sites is 1. The number of hydrazone groups is 1. The molecule has 2 heterocycles. The number of aromatic nitrogens is 2. The SMILES string of the molecule is COc1ccccc1-c1nnc(SCC(=O)N2N=C3/C(=C\c4ccccc4)CCC[C@H]3[C@H]2c2ccccc2)o1. The van der Waals surface area contributed by atoms with Crippen LogP contribution in [0.3, 0.4) is 0 Å². The van der Waals surface area contributed by atoms with Gasteiger partial charge in [0, 0.05) is 5.92 Å². The molecule has 39 heavy (non-hydrogen) atoms. The molecule has 1 saturated carbocycles. The van der Waals surface area contributed by atoms with Gasteiger partial charge in [0.25, 0.3) is 17.0 Å². The monoisotopic (exact) mass is 536 g/mol. The summed E-state index contributed by atoms with van der Waals surface area (Å²) in [6, 6.07) is 27.8. The molecule has 0 unspecified atom stereocenters. The highest BCUT2D eigenvalue weighted by Gasteiger charge is 2.43. The van der Waals surface area contributed by atoms with E-state index >= 15 is 0 Å². The standard InChI is InChI=1S/C31H28N4O3S/c1-37-26-18-9-8-16-24(26)30-32-33-31(38-30)39-20-27(36)35-29(22-13-6-3-7-14-22)25-17-10-15-23(28(25)34-35)19-21-11-4-2-5-12-21/h2-9,11-14,16,18-19,25,29H,10,15,17,20H2,1H3/b23-19-/t25-,29-/m1/s1. The zero-order chi connectivity index (χ0) is 26.6. The lowest BCUT2D eigenvalue weighted by Crippen LogP contribution is -2.32. The summed E-state index contributed by atoms with van der Waals surface area (Å²) in [6.07, 6.45) is 5.23. The predicted octanol–water partition coefficient (Wildman–Crippen LogP) is 6.66. The van der Waals surface area contributed by atoms with Gasteiger partial charge >= 0.3 is 0 Å². The van der Waals surface area contributed by atoms with Crippen LogP contribution in [-0.4, -0.2) is 39.7 Å². The largest absolute Gasteiger partial charge is 0.496 e. The quantitative estimate of drug-likeness (QED) is 0.246. The number of rotatable bonds is 7. The van der Waals surface area contributed by atoms with E-state index in [-0.39, 0.29) is 23.6 Å². The first kappa shape index (κ1) is 25.1. The van der Waals surface area contributed by atoms with Crippen molar-refractivity contribution in [3.05, 3.63) is 102 Å². The number of fused-ring (bicyclic) bond motifs is 1. The molecule has 0 N–H and O–H groups in total. The summed E-state index contributed by atoms with van der Waals surface area (Å²) in [6.45, 7) is 0. The van der Waals surface area contributed by atoms with Crippen molar-refractivity contribution in [2.45, 2.75) is 30.5 Å². The van der Waals surface area contributed by atoms with Crippen molar-refractivity contribution < 1.29 is 13.9 Å². The van der Waals surface area contributed by atoms with Crippen molar-refractivity contribution in [2.75, 3.05) is 12.9 Å². The highest BCUT2D eigenvalue weighted by molar-refractivity contribution is 7.99. The van der Waals surface area contributed by atoms with Gasteiger partial charge in [-0.2, -0.15) is 5.10 Å². The van der Waals surface area contributed by atoms with Crippen molar-refractivity contribution in [1.29, 1.82) is 0 Å². The number of ether oxygens (including phenoxy) is 1. The van der Waals surface area contributed by atoms with Gasteiger partial charge in [0.15, 0.2) is 0 Å². The average molecular weight is 537 g/mol. The fraction of sp³-hybridized carbons (Fsp3) is 0.226. The minimum Gasteiger partial charge on any atom is -0.496 e. The smallest absolute Gasteiger partial charge is 0.277 e. The van der Waals surface area contributed by atoms with E-state index in [9.17, 15) is 4.79 Å². The van der Waals surface area contributed by atoms with Gasteiger partial charge in [-0.05, 0) is 54.2 Å². The number of amides is 1. The molecule has 2 atom stereocenters. The Morgan fingerprint density at radius 2 is 1.77 bits per heavy atom. The van der Waals surface area contributed by atoms with Crippen LogP contribution in [0.1, 0.15) is 36.4 Å². The molecule has 0 saturated heterocycles. The van der Waals surface area contributed by atoms with Crippen LogP contribution in [0.4, 0.5) is 0 Å². The Morgan fingerprint density at radius 3 is 2.56 bits per heavy atom. The number of hydrogen-bond acceptors (Lipinski definition) is 7. The zero-order valence-corrected chi connectivity index (χ0v) is 22.4. The van der Waals surface area contributed by atoms with E-state index in [0.29, 0.717) is 22.4 Å². The maximum atomic E-state index is 13.7. The Bertz CT molecular complexity index is 1520. The van der Waals surface area contributed by atoms with Gasteiger partial charge in [-0.15, -0.1) is 10.2 Å². The van der Waals surface area contributed by atoms with Crippen LogP contribution in [0, 0.1) is 5.92 Å². The second-order valence-corrected chi connectivity index (χ2v) is 10.4. The van der Waals surface area contributed by atoms with Crippen molar-refractivity contribution in [3.8, 4) is 17.2 Å². The molecule has 0 bridgehead atoms. The maximum Gasteiger partial charge on any atom is 0.277 e. The van der Waals surface area contributed by atoms with Gasteiger partial charge in [0.05, 0.1) is 30.2 Å². The molecule has 1 aliphatic carbocycles. The molecule has 3 aromatic carbocycles. The van der Waals surface area contributed by atoms with Gasteiger partial charge in [0.1, 0.15) is 5.75 Å². The normalized spacial score (nSPS) is 19.6. The third-order valence-electron chi connectivity index (χ3n) is 7.10. The summed E-state index contributed by atoms with van der Waals surface area (Å²) in [5, 5.41) is 15.3. The van der Waals surface area contributed by atoms with Gasteiger partial charge < -0.3 is 9.15 Å². The summed E-state index contributed by atoms with van der Waals surface area (Å²) in [4.78, 5) is 13.7. The van der Waals surface area contributed by atoms with Crippen LogP contribution in [0.15, 0.2) is 105 Å². The number of nitrogens with zero attached hydrogens (tertiary/aromatic N) is 4. The summed E-state index contributed by atoms with van der Waals surface area (Å²) in [5.74, 6) is 1.21. The van der Waals surface area contributed by atoms with E-state index in [1.165, 1.54) is 17.3 Å². The van der Waals surface area contributed by atoms with Crippen molar-refractivity contribution in [1.82, 2.24) is 15.2 Å². The van der Waals surface area contributed by atoms with Gasteiger partial charge in [0.2, 0.25) is 0 Å². The molecule has 1 amide bonds. The lowest BCUT2D eigenvalue weighted by Gasteiger charge is -2.29. The first-order chi connectivity index (χ1) is 19.2. The Balaban J connectivity index is 1.25. The van der Waals surface area contributed by atoms with E-state index in [2.05, 4.69) is 40.5 Å². The summed E-state index contributed by atoms with van der Waals surface area (Å²) < 4.78 is 11.3.